The van der Waals surface area contributed by atoms with Gasteiger partial charge in [0.25, 0.3) is 5.91 Å². The Labute approximate surface area is 185 Å². The molecule has 3 aromatic carbocycles. The second-order valence-corrected chi connectivity index (χ2v) is 9.70. The summed E-state index contributed by atoms with van der Waals surface area (Å²) in [5, 5.41) is 8.86. The minimum absolute atomic E-state index is 0.245. The highest BCUT2D eigenvalue weighted by atomic mass is 35.5. The summed E-state index contributed by atoms with van der Waals surface area (Å²) in [6, 6.07) is 21.5. The molecule has 0 unspecified atom stereocenters. The van der Waals surface area contributed by atoms with Crippen LogP contribution in [0.5, 0.6) is 0 Å². The van der Waals surface area contributed by atoms with E-state index in [0.29, 0.717) is 17.3 Å². The molecule has 0 fully saturated rings. The van der Waals surface area contributed by atoms with Gasteiger partial charge in [-0.05, 0) is 41.5 Å². The van der Waals surface area contributed by atoms with Gasteiger partial charge in [-0.15, -0.1) is 0 Å². The molecule has 6 nitrogen and oxygen atoms in total. The number of aromatic nitrogens is 2. The van der Waals surface area contributed by atoms with E-state index in [9.17, 15) is 13.2 Å². The summed E-state index contributed by atoms with van der Waals surface area (Å²) in [7, 11) is -3.25. The highest BCUT2D eigenvalue weighted by Gasteiger charge is 2.17. The fraction of sp³-hybridized carbons (Fsp3) is 0.130. The average molecular weight is 454 g/mol. The van der Waals surface area contributed by atoms with Crippen molar-refractivity contribution in [3.8, 4) is 0 Å². The summed E-state index contributed by atoms with van der Waals surface area (Å²) in [4.78, 5) is 13.1. The number of fused-ring (bicyclic) bond motifs is 1. The second kappa shape index (κ2) is 8.53. The van der Waals surface area contributed by atoms with Crippen molar-refractivity contribution in [3.63, 3.8) is 0 Å². The molecule has 0 aliphatic rings. The van der Waals surface area contributed by atoms with Crippen LogP contribution in [0.2, 0.25) is 5.02 Å². The molecule has 1 heterocycles. The fourth-order valence-electron chi connectivity index (χ4n) is 3.30. The van der Waals surface area contributed by atoms with Crippen molar-refractivity contribution in [1.29, 1.82) is 0 Å². The van der Waals surface area contributed by atoms with Crippen LogP contribution in [0.25, 0.3) is 10.9 Å². The quantitative estimate of drug-likeness (QED) is 0.477. The lowest BCUT2D eigenvalue weighted by Gasteiger charge is -2.05. The van der Waals surface area contributed by atoms with Gasteiger partial charge in [0.15, 0.2) is 15.5 Å². The Morgan fingerprint density at radius 3 is 2.29 bits per heavy atom. The molecule has 0 aliphatic heterocycles. The monoisotopic (exact) mass is 453 g/mol. The van der Waals surface area contributed by atoms with Gasteiger partial charge in [0, 0.05) is 23.2 Å². The van der Waals surface area contributed by atoms with E-state index in [4.69, 9.17) is 11.6 Å². The minimum atomic E-state index is -3.25. The Kier molecular flexibility index (Phi) is 5.80. The van der Waals surface area contributed by atoms with E-state index >= 15 is 0 Å². The molecular formula is C23H20ClN3O3S. The molecule has 1 amide bonds. The molecule has 0 spiro atoms. The maximum atomic E-state index is 12.9. The van der Waals surface area contributed by atoms with E-state index in [-0.39, 0.29) is 17.3 Å². The normalized spacial score (nSPS) is 11.5. The lowest BCUT2D eigenvalue weighted by Crippen LogP contribution is -2.23. The summed E-state index contributed by atoms with van der Waals surface area (Å²) < 4.78 is 25.0. The van der Waals surface area contributed by atoms with Crippen molar-refractivity contribution in [2.24, 2.45) is 0 Å². The zero-order valence-corrected chi connectivity index (χ0v) is 18.3. The van der Waals surface area contributed by atoms with Gasteiger partial charge in [0.05, 0.1) is 17.0 Å². The first kappa shape index (κ1) is 21.1. The third kappa shape index (κ3) is 4.78. The third-order valence-electron chi connectivity index (χ3n) is 4.92. The molecule has 0 radical (unpaired) electrons. The zero-order valence-electron chi connectivity index (χ0n) is 16.7. The van der Waals surface area contributed by atoms with E-state index in [2.05, 4.69) is 10.4 Å². The SMILES string of the molecule is CS(=O)(=O)c1ccc(CNC(=O)c2nn(Cc3ccc(Cl)cc3)c3ccccc23)cc1. The molecule has 0 saturated carbocycles. The summed E-state index contributed by atoms with van der Waals surface area (Å²) in [6.07, 6.45) is 1.16. The summed E-state index contributed by atoms with van der Waals surface area (Å²) in [6.45, 7) is 0.777. The number of nitrogens with one attached hydrogen (secondary N) is 1. The van der Waals surface area contributed by atoms with Crippen LogP contribution in [0, 0.1) is 0 Å². The fourth-order valence-corrected chi connectivity index (χ4v) is 4.06. The summed E-state index contributed by atoms with van der Waals surface area (Å²) >= 11 is 5.97. The van der Waals surface area contributed by atoms with Gasteiger partial charge in [-0.3, -0.25) is 9.48 Å². The van der Waals surface area contributed by atoms with Crippen molar-refractivity contribution >= 4 is 38.2 Å². The topological polar surface area (TPSA) is 81.1 Å². The van der Waals surface area contributed by atoms with Gasteiger partial charge in [-0.25, -0.2) is 8.42 Å². The average Bonchev–Trinajstić information content (AvgIpc) is 3.12. The van der Waals surface area contributed by atoms with Gasteiger partial charge in [0.2, 0.25) is 0 Å². The first-order valence-corrected chi connectivity index (χ1v) is 11.9. The summed E-state index contributed by atoms with van der Waals surface area (Å²) in [5.41, 5.74) is 3.03. The van der Waals surface area contributed by atoms with Gasteiger partial charge in [-0.2, -0.15) is 5.10 Å². The van der Waals surface area contributed by atoms with Crippen molar-refractivity contribution in [1.82, 2.24) is 15.1 Å². The Balaban J connectivity index is 1.54. The standard InChI is InChI=1S/C23H20ClN3O3S/c1-31(29,30)19-12-8-16(9-13-19)14-25-23(28)22-20-4-2-3-5-21(20)27(26-22)15-17-6-10-18(24)11-7-17/h2-13H,14-15H2,1H3,(H,25,28). The molecule has 0 bridgehead atoms. The number of hydrogen-bond acceptors (Lipinski definition) is 4. The van der Waals surface area contributed by atoms with E-state index in [1.807, 2.05) is 48.5 Å². The molecule has 158 valence electrons. The van der Waals surface area contributed by atoms with Crippen molar-refractivity contribution in [2.75, 3.05) is 6.26 Å². The number of benzene rings is 3. The molecular weight excluding hydrogens is 434 g/mol. The number of carbonyl (C=O) groups excluding carboxylic acids is 1. The Bertz CT molecular complexity index is 1350. The molecule has 31 heavy (non-hydrogen) atoms. The van der Waals surface area contributed by atoms with Crippen LogP contribution < -0.4 is 5.32 Å². The lowest BCUT2D eigenvalue weighted by molar-refractivity contribution is 0.0946. The number of nitrogens with zero attached hydrogens (tertiary/aromatic N) is 2. The van der Waals surface area contributed by atoms with Crippen LogP contribution in [0.1, 0.15) is 21.6 Å². The first-order valence-electron chi connectivity index (χ1n) is 9.58. The number of amides is 1. The molecule has 1 aromatic heterocycles. The molecule has 1 N–H and O–H groups in total. The van der Waals surface area contributed by atoms with E-state index < -0.39 is 9.84 Å². The van der Waals surface area contributed by atoms with Crippen LogP contribution >= 0.6 is 11.6 Å². The minimum Gasteiger partial charge on any atom is -0.347 e. The van der Waals surface area contributed by atoms with Crippen LogP contribution in [0.15, 0.2) is 77.7 Å². The maximum absolute atomic E-state index is 12.9. The highest BCUT2D eigenvalue weighted by molar-refractivity contribution is 7.90. The Hall–Kier alpha value is -3.16. The third-order valence-corrected chi connectivity index (χ3v) is 6.30. The lowest BCUT2D eigenvalue weighted by atomic mass is 10.2. The smallest absolute Gasteiger partial charge is 0.272 e. The Morgan fingerprint density at radius 2 is 1.61 bits per heavy atom. The number of para-hydroxylation sites is 1. The predicted molar refractivity (Wildman–Crippen MR) is 121 cm³/mol. The second-order valence-electron chi connectivity index (χ2n) is 7.25. The van der Waals surface area contributed by atoms with Crippen LogP contribution in [-0.2, 0) is 22.9 Å². The van der Waals surface area contributed by atoms with E-state index in [1.165, 1.54) is 12.1 Å². The van der Waals surface area contributed by atoms with Crippen LogP contribution in [0.4, 0.5) is 0 Å². The number of hydrogen-bond donors (Lipinski definition) is 1. The molecule has 0 saturated heterocycles. The van der Waals surface area contributed by atoms with Crippen LogP contribution in [-0.4, -0.2) is 30.4 Å². The highest BCUT2D eigenvalue weighted by Crippen LogP contribution is 2.20. The predicted octanol–water partition coefficient (Wildman–Crippen LogP) is 4.07. The molecule has 8 heteroatoms. The van der Waals surface area contributed by atoms with Crippen LogP contribution in [0.3, 0.4) is 0 Å². The van der Waals surface area contributed by atoms with Gasteiger partial charge >= 0.3 is 0 Å². The van der Waals surface area contributed by atoms with Crippen molar-refractivity contribution < 1.29 is 13.2 Å². The van der Waals surface area contributed by atoms with E-state index in [0.717, 1.165) is 28.3 Å². The number of carbonyl (C=O) groups is 1. The summed E-state index contributed by atoms with van der Waals surface area (Å²) in [5.74, 6) is -0.293. The van der Waals surface area contributed by atoms with Gasteiger partial charge in [-0.1, -0.05) is 54.1 Å². The molecule has 0 aliphatic carbocycles. The molecule has 0 atom stereocenters. The number of rotatable bonds is 6. The molecule has 4 aromatic rings. The largest absolute Gasteiger partial charge is 0.347 e. The van der Waals surface area contributed by atoms with E-state index in [1.54, 1.807) is 16.8 Å². The molecule has 4 rings (SSSR count). The van der Waals surface area contributed by atoms with Crippen molar-refractivity contribution in [3.05, 3.63) is 94.6 Å². The van der Waals surface area contributed by atoms with Gasteiger partial charge in [0.1, 0.15) is 0 Å². The van der Waals surface area contributed by atoms with Gasteiger partial charge < -0.3 is 5.32 Å². The zero-order chi connectivity index (χ0) is 22.0. The number of halogens is 1. The Morgan fingerprint density at radius 1 is 0.968 bits per heavy atom. The van der Waals surface area contributed by atoms with Crippen molar-refractivity contribution in [2.45, 2.75) is 18.0 Å². The maximum Gasteiger partial charge on any atom is 0.272 e. The number of sulfone groups is 1. The first-order chi connectivity index (χ1) is 14.8.